The van der Waals surface area contributed by atoms with Gasteiger partial charge in [-0.05, 0) is 33.4 Å². The summed E-state index contributed by atoms with van der Waals surface area (Å²) in [4.78, 5) is 0. The zero-order valence-electron chi connectivity index (χ0n) is 11.2. The van der Waals surface area contributed by atoms with E-state index in [1.54, 1.807) is 0 Å². The molecule has 0 heterocycles. The van der Waals surface area contributed by atoms with Crippen LogP contribution in [0.4, 0.5) is 0 Å². The molecule has 0 radical (unpaired) electrons. The molecule has 0 amide bonds. The molecular formula is C14H29NO. The molecule has 0 aromatic carbocycles. The molecule has 0 spiro atoms. The van der Waals surface area contributed by atoms with Gasteiger partial charge in [-0.1, -0.05) is 44.3 Å². The third-order valence-corrected chi connectivity index (χ3v) is 2.56. The summed E-state index contributed by atoms with van der Waals surface area (Å²) in [5, 5.41) is 3.18. The molecule has 0 bridgehead atoms. The normalized spacial score (nSPS) is 10.6. The van der Waals surface area contributed by atoms with Gasteiger partial charge in [-0.15, -0.1) is 0 Å². The average Bonchev–Trinajstić information content (AvgIpc) is 2.25. The van der Waals surface area contributed by atoms with Crippen LogP contribution in [-0.4, -0.2) is 26.8 Å². The minimum absolute atomic E-state index is 0.726. The maximum Gasteiger partial charge on any atom is 0.0671 e. The highest BCUT2D eigenvalue weighted by molar-refractivity contribution is 4.87. The first kappa shape index (κ1) is 15.7. The van der Waals surface area contributed by atoms with Crippen LogP contribution in [0.1, 0.15) is 51.9 Å². The van der Waals surface area contributed by atoms with E-state index in [-0.39, 0.29) is 0 Å². The lowest BCUT2D eigenvalue weighted by Crippen LogP contribution is -2.06. The fourth-order valence-corrected chi connectivity index (χ4v) is 1.64. The van der Waals surface area contributed by atoms with Gasteiger partial charge in [0.15, 0.2) is 0 Å². The van der Waals surface area contributed by atoms with Crippen molar-refractivity contribution in [1.82, 2.24) is 5.32 Å². The van der Waals surface area contributed by atoms with Crippen LogP contribution < -0.4 is 5.32 Å². The van der Waals surface area contributed by atoms with Crippen LogP contribution in [0.5, 0.6) is 0 Å². The molecule has 0 atom stereocenters. The Kier molecular flexibility index (Phi) is 12.5. The lowest BCUT2D eigenvalue weighted by atomic mass is 10.1. The predicted molar refractivity (Wildman–Crippen MR) is 71.9 cm³/mol. The van der Waals surface area contributed by atoms with Gasteiger partial charge in [0.2, 0.25) is 0 Å². The molecule has 0 fully saturated rings. The standard InChI is InChI=1S/C14H29NO/c1-14(2)13-16-12-10-8-6-4-5-7-9-11-15-3/h15H,1,4-13H2,2-3H3. The second-order valence-electron chi connectivity index (χ2n) is 4.59. The molecule has 0 saturated carbocycles. The molecule has 0 rings (SSSR count). The van der Waals surface area contributed by atoms with Gasteiger partial charge in [-0.2, -0.15) is 0 Å². The molecule has 0 aliphatic rings. The first-order valence-electron chi connectivity index (χ1n) is 6.64. The largest absolute Gasteiger partial charge is 0.377 e. The lowest BCUT2D eigenvalue weighted by Gasteiger charge is -2.04. The molecule has 96 valence electrons. The Hall–Kier alpha value is -0.340. The van der Waals surface area contributed by atoms with Gasteiger partial charge in [-0.25, -0.2) is 0 Å². The molecule has 0 aromatic rings. The Bertz CT molecular complexity index is 157. The van der Waals surface area contributed by atoms with E-state index >= 15 is 0 Å². The fourth-order valence-electron chi connectivity index (χ4n) is 1.64. The van der Waals surface area contributed by atoms with Crippen LogP contribution in [0.2, 0.25) is 0 Å². The van der Waals surface area contributed by atoms with E-state index in [1.165, 1.54) is 44.9 Å². The van der Waals surface area contributed by atoms with Gasteiger partial charge in [-0.3, -0.25) is 0 Å². The van der Waals surface area contributed by atoms with Crippen LogP contribution >= 0.6 is 0 Å². The lowest BCUT2D eigenvalue weighted by molar-refractivity contribution is 0.151. The van der Waals surface area contributed by atoms with Crippen molar-refractivity contribution in [1.29, 1.82) is 0 Å². The summed E-state index contributed by atoms with van der Waals surface area (Å²) in [5.74, 6) is 0. The van der Waals surface area contributed by atoms with Gasteiger partial charge in [0, 0.05) is 6.61 Å². The Labute approximate surface area is 101 Å². The van der Waals surface area contributed by atoms with E-state index < -0.39 is 0 Å². The Morgan fingerprint density at radius 2 is 1.56 bits per heavy atom. The molecular weight excluding hydrogens is 198 g/mol. The predicted octanol–water partition coefficient (Wildman–Crippen LogP) is 3.53. The van der Waals surface area contributed by atoms with Crippen LogP contribution in [0, 0.1) is 0 Å². The third-order valence-electron chi connectivity index (χ3n) is 2.56. The zero-order valence-corrected chi connectivity index (χ0v) is 11.2. The Morgan fingerprint density at radius 3 is 2.12 bits per heavy atom. The summed E-state index contributed by atoms with van der Waals surface area (Å²) in [6.07, 6.45) is 9.31. The van der Waals surface area contributed by atoms with Gasteiger partial charge in [0.05, 0.1) is 6.61 Å². The van der Waals surface area contributed by atoms with Crippen LogP contribution in [0.15, 0.2) is 12.2 Å². The van der Waals surface area contributed by atoms with Gasteiger partial charge < -0.3 is 10.1 Å². The summed E-state index contributed by atoms with van der Waals surface area (Å²) < 4.78 is 5.45. The molecule has 0 aromatic heterocycles. The van der Waals surface area contributed by atoms with Crippen LogP contribution in [-0.2, 0) is 4.74 Å². The molecule has 2 nitrogen and oxygen atoms in total. The first-order valence-corrected chi connectivity index (χ1v) is 6.64. The summed E-state index contributed by atoms with van der Waals surface area (Å²) in [6, 6.07) is 0. The van der Waals surface area contributed by atoms with E-state index in [1.807, 2.05) is 14.0 Å². The second kappa shape index (κ2) is 12.7. The Morgan fingerprint density at radius 1 is 1.00 bits per heavy atom. The molecule has 0 aliphatic carbocycles. The van der Waals surface area contributed by atoms with E-state index in [0.29, 0.717) is 0 Å². The minimum atomic E-state index is 0.726. The molecule has 0 aliphatic heterocycles. The van der Waals surface area contributed by atoms with Crippen molar-refractivity contribution in [2.45, 2.75) is 51.9 Å². The highest BCUT2D eigenvalue weighted by Crippen LogP contribution is 2.07. The van der Waals surface area contributed by atoms with Gasteiger partial charge >= 0.3 is 0 Å². The molecule has 16 heavy (non-hydrogen) atoms. The van der Waals surface area contributed by atoms with Crippen molar-refractivity contribution in [2.75, 3.05) is 26.8 Å². The zero-order chi connectivity index (χ0) is 12.1. The smallest absolute Gasteiger partial charge is 0.0671 e. The van der Waals surface area contributed by atoms with Crippen molar-refractivity contribution in [3.05, 3.63) is 12.2 Å². The number of rotatable bonds is 12. The highest BCUT2D eigenvalue weighted by atomic mass is 16.5. The van der Waals surface area contributed by atoms with E-state index in [9.17, 15) is 0 Å². The molecule has 1 N–H and O–H groups in total. The monoisotopic (exact) mass is 227 g/mol. The maximum absolute atomic E-state index is 5.45. The molecule has 2 heteroatoms. The van der Waals surface area contributed by atoms with Crippen molar-refractivity contribution in [3.63, 3.8) is 0 Å². The van der Waals surface area contributed by atoms with Crippen LogP contribution in [0.25, 0.3) is 0 Å². The number of hydrogen-bond donors (Lipinski definition) is 1. The second-order valence-corrected chi connectivity index (χ2v) is 4.59. The SMILES string of the molecule is C=C(C)COCCCCCCCCCNC. The summed E-state index contributed by atoms with van der Waals surface area (Å²) in [6.45, 7) is 8.60. The summed E-state index contributed by atoms with van der Waals surface area (Å²) in [7, 11) is 2.02. The Balaban J connectivity index is 2.90. The van der Waals surface area contributed by atoms with Gasteiger partial charge in [0.25, 0.3) is 0 Å². The first-order chi connectivity index (χ1) is 7.77. The van der Waals surface area contributed by atoms with E-state index in [0.717, 1.165) is 25.3 Å². The fraction of sp³-hybridized carbons (Fsp3) is 0.857. The topological polar surface area (TPSA) is 21.3 Å². The quantitative estimate of drug-likeness (QED) is 0.407. The van der Waals surface area contributed by atoms with Crippen molar-refractivity contribution in [2.24, 2.45) is 0 Å². The van der Waals surface area contributed by atoms with Crippen molar-refractivity contribution < 1.29 is 4.74 Å². The number of unbranched alkanes of at least 4 members (excludes halogenated alkanes) is 6. The molecule has 0 saturated heterocycles. The van der Waals surface area contributed by atoms with Crippen LogP contribution in [0.3, 0.4) is 0 Å². The number of ether oxygens (including phenoxy) is 1. The third kappa shape index (κ3) is 13.7. The van der Waals surface area contributed by atoms with E-state index in [2.05, 4.69) is 11.9 Å². The minimum Gasteiger partial charge on any atom is -0.377 e. The highest BCUT2D eigenvalue weighted by Gasteiger charge is 1.92. The summed E-state index contributed by atoms with van der Waals surface area (Å²) >= 11 is 0. The van der Waals surface area contributed by atoms with Crippen molar-refractivity contribution >= 4 is 0 Å². The maximum atomic E-state index is 5.45. The summed E-state index contributed by atoms with van der Waals surface area (Å²) in [5.41, 5.74) is 1.12. The number of nitrogens with one attached hydrogen (secondary N) is 1. The van der Waals surface area contributed by atoms with E-state index in [4.69, 9.17) is 4.74 Å². The van der Waals surface area contributed by atoms with Crippen molar-refractivity contribution in [3.8, 4) is 0 Å². The average molecular weight is 227 g/mol. The van der Waals surface area contributed by atoms with Gasteiger partial charge in [0.1, 0.15) is 0 Å². The number of hydrogen-bond acceptors (Lipinski definition) is 2. The molecule has 0 unspecified atom stereocenters.